The molecule has 3 heteroatoms. The summed E-state index contributed by atoms with van der Waals surface area (Å²) in [4.78, 5) is 11.2. The molecule has 0 unspecified atom stereocenters. The maximum atomic E-state index is 11.2. The van der Waals surface area contributed by atoms with E-state index in [1.54, 1.807) is 6.92 Å². The summed E-state index contributed by atoms with van der Waals surface area (Å²) < 4.78 is 5.48. The van der Waals surface area contributed by atoms with Gasteiger partial charge < -0.3 is 10.1 Å². The molecule has 1 aliphatic heterocycles. The first-order chi connectivity index (χ1) is 6.83. The van der Waals surface area contributed by atoms with E-state index in [4.69, 9.17) is 4.74 Å². The third kappa shape index (κ3) is 4.40. The second-order valence-corrected chi connectivity index (χ2v) is 3.40. The van der Waals surface area contributed by atoms with Crippen LogP contribution in [0.1, 0.15) is 26.2 Å². The first-order valence-electron chi connectivity index (χ1n) is 5.06. The van der Waals surface area contributed by atoms with Crippen LogP contribution in [0.3, 0.4) is 0 Å². The summed E-state index contributed by atoms with van der Waals surface area (Å²) >= 11 is 0. The number of nitrogens with one attached hydrogen (secondary N) is 1. The molecule has 0 saturated carbocycles. The molecule has 1 aliphatic rings. The van der Waals surface area contributed by atoms with E-state index in [0.29, 0.717) is 6.42 Å². The molecule has 0 aromatic carbocycles. The zero-order valence-corrected chi connectivity index (χ0v) is 8.64. The Kier molecular flexibility index (Phi) is 5.28. The van der Waals surface area contributed by atoms with Gasteiger partial charge in [0.25, 0.3) is 0 Å². The minimum absolute atomic E-state index is 0.0814. The Morgan fingerprint density at radius 3 is 2.86 bits per heavy atom. The van der Waals surface area contributed by atoms with E-state index >= 15 is 0 Å². The van der Waals surface area contributed by atoms with Gasteiger partial charge in [-0.25, -0.2) is 0 Å². The number of hydrogen-bond acceptors (Lipinski definition) is 3. The lowest BCUT2D eigenvalue weighted by molar-refractivity contribution is -0.125. The largest absolute Gasteiger partial charge is 0.370 e. The minimum Gasteiger partial charge on any atom is -0.370 e. The fourth-order valence-electron chi connectivity index (χ4n) is 1.41. The topological polar surface area (TPSA) is 38.3 Å². The fourth-order valence-corrected chi connectivity index (χ4v) is 1.41. The normalized spacial score (nSPS) is 17.2. The second kappa shape index (κ2) is 6.58. The van der Waals surface area contributed by atoms with Crippen LogP contribution in [0.5, 0.6) is 0 Å². The van der Waals surface area contributed by atoms with E-state index in [9.17, 15) is 4.79 Å². The fraction of sp³-hybridized carbons (Fsp3) is 0.727. The molecule has 1 fully saturated rings. The molecule has 0 aromatic heterocycles. The van der Waals surface area contributed by atoms with Gasteiger partial charge in [-0.1, -0.05) is 5.92 Å². The first-order valence-corrected chi connectivity index (χ1v) is 5.06. The summed E-state index contributed by atoms with van der Waals surface area (Å²) in [6.07, 6.45) is 2.59. The van der Waals surface area contributed by atoms with Crippen LogP contribution in [0.2, 0.25) is 0 Å². The summed E-state index contributed by atoms with van der Waals surface area (Å²) in [6.45, 7) is 3.95. The number of rotatable bonds is 4. The molecular weight excluding hydrogens is 178 g/mol. The van der Waals surface area contributed by atoms with Crippen molar-refractivity contribution in [2.24, 2.45) is 0 Å². The Bertz CT molecular complexity index is 233. The van der Waals surface area contributed by atoms with E-state index in [1.807, 2.05) is 0 Å². The molecule has 0 aliphatic carbocycles. The zero-order valence-electron chi connectivity index (χ0n) is 8.64. The van der Waals surface area contributed by atoms with Gasteiger partial charge in [0.1, 0.15) is 6.61 Å². The average molecular weight is 195 g/mol. The van der Waals surface area contributed by atoms with Crippen molar-refractivity contribution >= 4 is 5.78 Å². The molecule has 0 atom stereocenters. The maximum absolute atomic E-state index is 11.2. The van der Waals surface area contributed by atoms with E-state index in [-0.39, 0.29) is 18.5 Å². The van der Waals surface area contributed by atoms with Gasteiger partial charge in [-0.05, 0) is 32.9 Å². The van der Waals surface area contributed by atoms with Crippen LogP contribution < -0.4 is 5.32 Å². The lowest BCUT2D eigenvalue weighted by Gasteiger charge is -2.22. The van der Waals surface area contributed by atoms with Crippen molar-refractivity contribution in [2.75, 3.05) is 19.7 Å². The molecule has 14 heavy (non-hydrogen) atoms. The van der Waals surface area contributed by atoms with Crippen LogP contribution in [-0.4, -0.2) is 31.6 Å². The van der Waals surface area contributed by atoms with Gasteiger partial charge >= 0.3 is 0 Å². The molecule has 0 bridgehead atoms. The van der Waals surface area contributed by atoms with Gasteiger partial charge in [-0.2, -0.15) is 0 Å². The molecule has 3 nitrogen and oxygen atoms in total. The molecular formula is C11H17NO2. The molecule has 1 saturated heterocycles. The summed E-state index contributed by atoms with van der Waals surface area (Å²) in [7, 11) is 0. The van der Waals surface area contributed by atoms with Gasteiger partial charge in [0.2, 0.25) is 0 Å². The first kappa shape index (κ1) is 11.2. The Morgan fingerprint density at radius 2 is 2.21 bits per heavy atom. The zero-order chi connectivity index (χ0) is 10.2. The lowest BCUT2D eigenvalue weighted by Crippen LogP contribution is -2.33. The van der Waals surface area contributed by atoms with Crippen LogP contribution in [0, 0.1) is 11.8 Å². The summed E-state index contributed by atoms with van der Waals surface area (Å²) in [6, 6.07) is 0. The quantitative estimate of drug-likeness (QED) is 0.672. The molecule has 1 N–H and O–H groups in total. The van der Waals surface area contributed by atoms with Crippen molar-refractivity contribution in [1.29, 1.82) is 0 Å². The van der Waals surface area contributed by atoms with Gasteiger partial charge in [0.05, 0.1) is 12.5 Å². The predicted molar refractivity (Wildman–Crippen MR) is 54.9 cm³/mol. The summed E-state index contributed by atoms with van der Waals surface area (Å²) in [5.41, 5.74) is 0. The average Bonchev–Trinajstić information content (AvgIpc) is 2.25. The third-order valence-corrected chi connectivity index (χ3v) is 2.23. The van der Waals surface area contributed by atoms with Crippen LogP contribution in [0.15, 0.2) is 0 Å². The molecule has 0 amide bonds. The number of ketones is 1. The second-order valence-electron chi connectivity index (χ2n) is 3.40. The lowest BCUT2D eigenvalue weighted by atomic mass is 10.1. The van der Waals surface area contributed by atoms with Crippen molar-refractivity contribution in [3.63, 3.8) is 0 Å². The predicted octanol–water partition coefficient (Wildman–Crippen LogP) is 0.737. The maximum Gasteiger partial charge on any atom is 0.170 e. The smallest absolute Gasteiger partial charge is 0.170 e. The highest BCUT2D eigenvalue weighted by molar-refractivity contribution is 5.81. The van der Waals surface area contributed by atoms with E-state index in [2.05, 4.69) is 17.2 Å². The summed E-state index contributed by atoms with van der Waals surface area (Å²) in [5.74, 6) is 5.53. The van der Waals surface area contributed by atoms with Crippen molar-refractivity contribution in [1.82, 2.24) is 5.32 Å². The highest BCUT2D eigenvalue weighted by atomic mass is 16.5. The number of carbonyl (C=O) groups excluding carboxylic acids is 1. The van der Waals surface area contributed by atoms with Crippen LogP contribution >= 0.6 is 0 Å². The molecule has 0 radical (unpaired) electrons. The van der Waals surface area contributed by atoms with Crippen LogP contribution in [0.25, 0.3) is 0 Å². The van der Waals surface area contributed by atoms with Crippen molar-refractivity contribution < 1.29 is 9.53 Å². The highest BCUT2D eigenvalue weighted by Crippen LogP contribution is 2.06. The summed E-state index contributed by atoms with van der Waals surface area (Å²) in [5, 5.41) is 3.25. The van der Waals surface area contributed by atoms with Gasteiger partial charge in [0.15, 0.2) is 5.78 Å². The van der Waals surface area contributed by atoms with Gasteiger partial charge in [0, 0.05) is 0 Å². The number of ether oxygens (including phenoxy) is 1. The number of piperidine rings is 1. The number of hydrogen-bond donors (Lipinski definition) is 1. The van der Waals surface area contributed by atoms with E-state index in [1.165, 1.54) is 0 Å². The van der Waals surface area contributed by atoms with Crippen molar-refractivity contribution in [3.8, 4) is 11.8 Å². The van der Waals surface area contributed by atoms with Crippen LogP contribution in [-0.2, 0) is 9.53 Å². The van der Waals surface area contributed by atoms with Gasteiger partial charge in [-0.15, -0.1) is 5.92 Å². The van der Waals surface area contributed by atoms with Crippen molar-refractivity contribution in [2.45, 2.75) is 32.3 Å². The Labute approximate surface area is 85.2 Å². The van der Waals surface area contributed by atoms with E-state index in [0.717, 1.165) is 25.9 Å². The SMILES string of the molecule is CC#CCC(=O)COC1CCNCC1. The molecule has 1 rings (SSSR count). The van der Waals surface area contributed by atoms with Gasteiger partial charge in [-0.3, -0.25) is 4.79 Å². The third-order valence-electron chi connectivity index (χ3n) is 2.23. The highest BCUT2D eigenvalue weighted by Gasteiger charge is 2.14. The number of carbonyl (C=O) groups is 1. The Hall–Kier alpha value is -0.850. The standard InChI is InChI=1S/C11H17NO2/c1-2-3-4-10(13)9-14-11-5-7-12-8-6-11/h11-12H,4-9H2,1H3. The van der Waals surface area contributed by atoms with Crippen LogP contribution in [0.4, 0.5) is 0 Å². The van der Waals surface area contributed by atoms with E-state index < -0.39 is 0 Å². The molecule has 0 aromatic rings. The Morgan fingerprint density at radius 1 is 1.50 bits per heavy atom. The minimum atomic E-state index is 0.0814. The molecule has 78 valence electrons. The monoisotopic (exact) mass is 195 g/mol. The molecule has 1 heterocycles. The van der Waals surface area contributed by atoms with Crippen molar-refractivity contribution in [3.05, 3.63) is 0 Å². The molecule has 0 spiro atoms. The number of Topliss-reactive ketones (excluding diaryl/α,β-unsaturated/α-hetero) is 1. The Balaban J connectivity index is 2.11.